The summed E-state index contributed by atoms with van der Waals surface area (Å²) in [7, 11) is 4.69. The number of rotatable bonds is 28. The second-order valence-corrected chi connectivity index (χ2v) is 25.8. The van der Waals surface area contributed by atoms with Gasteiger partial charge in [0.2, 0.25) is 53.3 Å². The Bertz CT molecular complexity index is 5470. The van der Waals surface area contributed by atoms with Crippen molar-refractivity contribution >= 4 is 110 Å². The third kappa shape index (κ3) is 26.3. The van der Waals surface area contributed by atoms with Gasteiger partial charge in [-0.1, -0.05) is 80.9 Å². The van der Waals surface area contributed by atoms with Gasteiger partial charge < -0.3 is 81.3 Å². The largest absolute Gasteiger partial charge is 0.573 e. The van der Waals surface area contributed by atoms with Crippen molar-refractivity contribution in [1.82, 2.24) is 54.7 Å². The van der Waals surface area contributed by atoms with E-state index in [1.165, 1.54) is 49.7 Å². The molecule has 2 aliphatic heterocycles. The number of methoxy groups -OCH3 is 3. The predicted molar refractivity (Wildman–Crippen MR) is 442 cm³/mol. The normalized spacial score (nSPS) is 13.1. The maximum Gasteiger partial charge on any atom is 0.573 e. The summed E-state index contributed by atoms with van der Waals surface area (Å²) in [5, 5.41) is 26.1. The molecule has 618 valence electrons. The molecule has 13 rings (SSSR count). The Morgan fingerprint density at radius 2 is 0.942 bits per heavy atom. The summed E-state index contributed by atoms with van der Waals surface area (Å²) in [4.78, 5) is 101. The first-order valence-electron chi connectivity index (χ1n) is 36.5. The van der Waals surface area contributed by atoms with Crippen molar-refractivity contribution in [3.8, 4) is 34.8 Å². The minimum Gasteiger partial charge on any atom is -0.497 e. The molecule has 36 heteroatoms. The van der Waals surface area contributed by atoms with Gasteiger partial charge in [-0.3, -0.25) is 24.0 Å². The van der Waals surface area contributed by atoms with Crippen LogP contribution in [0.2, 0.25) is 0 Å². The minimum atomic E-state index is -4.83. The highest BCUT2D eigenvalue weighted by Crippen LogP contribution is 2.32. The van der Waals surface area contributed by atoms with Gasteiger partial charge in [-0.2, -0.15) is 19.9 Å². The fraction of sp³-hybridized carbons (Fsp3) is 0.167. The van der Waals surface area contributed by atoms with Crippen LogP contribution in [0.4, 0.5) is 107 Å². The molecule has 2 saturated heterocycles. The first-order chi connectivity index (χ1) is 57.8. The zero-order chi connectivity index (χ0) is 85.7. The van der Waals surface area contributed by atoms with Crippen LogP contribution in [0.25, 0.3) is 0 Å². The van der Waals surface area contributed by atoms with Gasteiger partial charge in [0.15, 0.2) is 40.7 Å². The molecule has 6 aromatic carbocycles. The lowest BCUT2D eigenvalue weighted by atomic mass is 10.1. The first-order valence-corrected chi connectivity index (χ1v) is 36.5. The fourth-order valence-electron chi connectivity index (χ4n) is 11.3. The molecule has 5 aromatic heterocycles. The number of halogens is 6. The molecule has 0 aliphatic carbocycles. The van der Waals surface area contributed by atoms with Crippen LogP contribution in [0.1, 0.15) is 46.9 Å². The van der Waals surface area contributed by atoms with Gasteiger partial charge in [0, 0.05) is 114 Å². The summed E-state index contributed by atoms with van der Waals surface area (Å²) in [6.45, 7) is 17.9. The Labute approximate surface area is 684 Å². The first kappa shape index (κ1) is 86.9. The quantitative estimate of drug-likeness (QED) is 0.0125. The molecule has 0 radical (unpaired) electrons. The predicted octanol–water partition coefficient (Wildman–Crippen LogP) is 16.1. The van der Waals surface area contributed by atoms with E-state index in [9.17, 15) is 50.3 Å². The summed E-state index contributed by atoms with van der Waals surface area (Å²) in [5.74, 6) is -0.755. The summed E-state index contributed by atoms with van der Waals surface area (Å²) in [6, 6.07) is 44.9. The standard InChI is InChI=1S/C27H23N5O4.C21H16F4N4O2.C18H21FN6O2.C18H20FN5O2/c1-3-24(33)29-19-11-8-14-22(16-19)36-26-23(25(34)30-18-9-5-4-6-10-18)17-28-27(32-26)31-20-12-7-13-21(15-20)35-2;1-12(2)18(30)13-5-3-6-14(9-13)27-19-17(22)11-26-20(29-19)28-15-7-4-8-16(10-15)31-21(23,24)25;1-3-16(26)25-8-4-5-13(11-25)22-17-14(19)10-21-18(24-17)23-12-6-7-15(27-2)20-9-12;1-3-16(25)24-8-7-13(11-24)21-17-15(19)10-20-18(23-17)22-12-5-4-6-14(9-12)26-2/h3-17H,1H2,2H3,(H,29,33)(H,30,34)(H,28,31,32);3-11H,1H2,2H3,(H2,26,27,28,29);3,6-7,9-10,13H,1,4-5,8,11H2,2H3,(H2,21,22,23,24);3-6,9-10,13H,1,7-8,11H2,2H3,(H2,20,21,22,23)/t;;13-;/m..1./s1. The maximum atomic E-state index is 14.2. The monoisotopic (exact) mass is 1640 g/mol. The van der Waals surface area contributed by atoms with Crippen molar-refractivity contribution in [1.29, 1.82) is 0 Å². The van der Waals surface area contributed by atoms with Crippen LogP contribution in [0.15, 0.2) is 245 Å². The van der Waals surface area contributed by atoms with Crippen molar-refractivity contribution in [2.24, 2.45) is 0 Å². The summed E-state index contributed by atoms with van der Waals surface area (Å²) in [5.41, 5.74) is 4.62. The van der Waals surface area contributed by atoms with Gasteiger partial charge in [-0.25, -0.2) is 38.1 Å². The van der Waals surface area contributed by atoms with Crippen molar-refractivity contribution in [2.75, 3.05) is 95.4 Å². The summed E-state index contributed by atoms with van der Waals surface area (Å²) < 4.78 is 105. The van der Waals surface area contributed by atoms with Gasteiger partial charge in [0.05, 0.1) is 51.8 Å². The SMILES string of the molecule is C=C(C)C(=O)c1cccc(Nc2nc(Nc3cccc(OC(F)(F)F)c3)ncc2F)c1.C=CC(=O)N1CCC(Nc2nc(Nc3cccc(OC)c3)ncc2F)C1.C=CC(=O)N1CCC[C@@H](Nc2nc(Nc3ccc(OC)nc3)ncc2F)C1.C=CC(=O)Nc1cccc(Oc2nc(Nc3cccc(OC)c3)ncc2C(=O)Nc2ccccc2)c1. The zero-order valence-corrected chi connectivity index (χ0v) is 64.9. The molecule has 1 unspecified atom stereocenters. The van der Waals surface area contributed by atoms with Crippen LogP contribution in [0.5, 0.6) is 34.8 Å². The van der Waals surface area contributed by atoms with Crippen LogP contribution >= 0.6 is 0 Å². The van der Waals surface area contributed by atoms with Crippen LogP contribution in [-0.4, -0.2) is 150 Å². The third-order valence-corrected chi connectivity index (χ3v) is 17.0. The Balaban J connectivity index is 0.000000169. The smallest absolute Gasteiger partial charge is 0.497 e. The number of carbonyl (C=O) groups excluding carboxylic acids is 5. The molecule has 2 atom stereocenters. The van der Waals surface area contributed by atoms with E-state index in [4.69, 9.17) is 18.9 Å². The molecule has 4 amide bonds. The number of hydrogen-bond donors (Lipinski definition) is 9. The van der Waals surface area contributed by atoms with Gasteiger partial charge in [0.1, 0.15) is 28.6 Å². The van der Waals surface area contributed by atoms with Crippen molar-refractivity contribution in [3.63, 3.8) is 0 Å². The van der Waals surface area contributed by atoms with E-state index in [1.54, 1.807) is 116 Å². The van der Waals surface area contributed by atoms with Crippen LogP contribution < -0.4 is 71.5 Å². The molecule has 120 heavy (non-hydrogen) atoms. The number of Topliss-reactive ketones (excluding diaryl/α,β-unsaturated/α-hetero) is 1. The number of amides is 4. The van der Waals surface area contributed by atoms with Crippen LogP contribution in [-0.2, 0) is 14.4 Å². The van der Waals surface area contributed by atoms with Gasteiger partial charge in [-0.05, 0) is 129 Å². The lowest BCUT2D eigenvalue weighted by Crippen LogP contribution is -2.44. The van der Waals surface area contributed by atoms with Crippen LogP contribution in [0, 0.1) is 17.5 Å². The molecule has 11 aromatic rings. The number of benzene rings is 6. The van der Waals surface area contributed by atoms with Gasteiger partial charge in [-0.15, -0.1) is 13.2 Å². The number of piperidine rings is 1. The molecule has 2 aliphatic rings. The number of allylic oxidation sites excluding steroid dienone is 1. The highest BCUT2D eigenvalue weighted by atomic mass is 19.4. The number of pyridine rings is 1. The number of aromatic nitrogens is 9. The lowest BCUT2D eigenvalue weighted by molar-refractivity contribution is -0.274. The average Bonchev–Trinajstić information content (AvgIpc) is 1.08. The molecular formula is C84H80F6N20O10. The Hall–Kier alpha value is -15.5. The van der Waals surface area contributed by atoms with Gasteiger partial charge in [0.25, 0.3) is 5.91 Å². The number of alkyl halides is 3. The van der Waals surface area contributed by atoms with Crippen LogP contribution in [0.3, 0.4) is 0 Å². The number of ether oxygens (including phenoxy) is 5. The number of anilines is 14. The van der Waals surface area contributed by atoms with E-state index in [0.29, 0.717) is 95.3 Å². The zero-order valence-electron chi connectivity index (χ0n) is 64.9. The second kappa shape index (κ2) is 42.2. The van der Waals surface area contributed by atoms with E-state index in [0.717, 1.165) is 49.3 Å². The Morgan fingerprint density at radius 3 is 1.48 bits per heavy atom. The number of ketones is 1. The number of hydrogen-bond acceptors (Lipinski definition) is 26. The minimum absolute atomic E-state index is 0.0241. The highest BCUT2D eigenvalue weighted by molar-refractivity contribution is 6.08. The lowest BCUT2D eigenvalue weighted by Gasteiger charge is -2.32. The van der Waals surface area contributed by atoms with E-state index < -0.39 is 35.5 Å². The number of para-hydroxylation sites is 1. The van der Waals surface area contributed by atoms with Gasteiger partial charge >= 0.3 is 6.36 Å². The third-order valence-electron chi connectivity index (χ3n) is 17.0. The van der Waals surface area contributed by atoms with Crippen molar-refractivity contribution < 1.29 is 74.0 Å². The summed E-state index contributed by atoms with van der Waals surface area (Å²) >= 11 is 0. The molecule has 2 fully saturated rings. The Morgan fingerprint density at radius 1 is 0.467 bits per heavy atom. The highest BCUT2D eigenvalue weighted by Gasteiger charge is 2.32. The van der Waals surface area contributed by atoms with E-state index in [2.05, 4.69) is 124 Å². The Kier molecular flexibility index (Phi) is 30.6. The molecule has 30 nitrogen and oxygen atoms in total. The van der Waals surface area contributed by atoms with E-state index >= 15 is 0 Å². The number of nitrogens with one attached hydrogen (secondary N) is 9. The molecule has 0 bridgehead atoms. The van der Waals surface area contributed by atoms with Crippen molar-refractivity contribution in [3.05, 3.63) is 273 Å². The number of likely N-dealkylation sites (tertiary alicyclic amines) is 2. The topological polar surface area (TPSA) is 362 Å². The number of carbonyl (C=O) groups is 5. The molecule has 0 spiro atoms. The van der Waals surface area contributed by atoms with E-state index in [-0.39, 0.29) is 94.0 Å². The fourth-order valence-corrected chi connectivity index (χ4v) is 11.3. The summed E-state index contributed by atoms with van der Waals surface area (Å²) in [6.07, 6.45) is 7.32. The second-order valence-electron chi connectivity index (χ2n) is 25.8. The van der Waals surface area contributed by atoms with Crippen molar-refractivity contribution in [2.45, 2.75) is 44.6 Å². The average molecular weight is 1640 g/mol. The molecular weight excluding hydrogens is 1560 g/mol. The number of nitrogens with zero attached hydrogens (tertiary/aromatic N) is 11. The van der Waals surface area contributed by atoms with E-state index in [1.807, 2.05) is 54.6 Å². The maximum absolute atomic E-state index is 14.2. The molecule has 9 N–H and O–H groups in total. The molecule has 0 saturated carbocycles. The molecule has 7 heterocycles.